The number of rotatable bonds is 4. The number of aliphatic hydroxyl groups excluding tert-OH is 1. The molecule has 0 bridgehead atoms. The Bertz CT molecular complexity index is 988. The molecule has 2 heterocycles. The van der Waals surface area contributed by atoms with Gasteiger partial charge in [-0.2, -0.15) is 10.2 Å². The third-order valence-electron chi connectivity index (χ3n) is 5.19. The maximum Gasteiger partial charge on any atom is 0.126 e. The first-order valence-corrected chi connectivity index (χ1v) is 9.03. The minimum Gasteiger partial charge on any atom is -0.497 e. The van der Waals surface area contributed by atoms with Crippen molar-refractivity contribution < 1.29 is 14.6 Å². The second-order valence-electron chi connectivity index (χ2n) is 6.82. The summed E-state index contributed by atoms with van der Waals surface area (Å²) in [6.07, 6.45) is 2.13. The van der Waals surface area contributed by atoms with Crippen LogP contribution < -0.4 is 14.4 Å². The van der Waals surface area contributed by atoms with Crippen molar-refractivity contribution in [2.75, 3.05) is 25.7 Å². The van der Waals surface area contributed by atoms with Crippen LogP contribution in [0.1, 0.15) is 29.7 Å². The van der Waals surface area contributed by atoms with E-state index in [9.17, 15) is 5.11 Å². The summed E-state index contributed by atoms with van der Waals surface area (Å²) in [6.45, 7) is 3.42. The standard InChI is InChI=1S/C21H23N3O3/c1-13(25)17-9-18-19(10-21(17)27-3)23-22-11-20(18)24-7-6-14-4-5-16(26-2)8-15(14)12-24/h4-5,8-11,13,25H,6-7,12H2,1-3H3. The van der Waals surface area contributed by atoms with E-state index in [-0.39, 0.29) is 0 Å². The van der Waals surface area contributed by atoms with Crippen molar-refractivity contribution in [3.8, 4) is 11.5 Å². The summed E-state index contributed by atoms with van der Waals surface area (Å²) in [6, 6.07) is 10.1. The van der Waals surface area contributed by atoms with E-state index in [4.69, 9.17) is 9.47 Å². The van der Waals surface area contributed by atoms with Crippen LogP contribution in [0, 0.1) is 0 Å². The summed E-state index contributed by atoms with van der Waals surface area (Å²) in [4.78, 5) is 2.30. The average Bonchev–Trinajstić information content (AvgIpc) is 2.71. The van der Waals surface area contributed by atoms with Gasteiger partial charge in [0.2, 0.25) is 0 Å². The maximum absolute atomic E-state index is 10.1. The lowest BCUT2D eigenvalue weighted by Crippen LogP contribution is -2.30. The molecule has 140 valence electrons. The molecule has 1 aliphatic rings. The van der Waals surface area contributed by atoms with Crippen molar-refractivity contribution >= 4 is 16.6 Å². The Morgan fingerprint density at radius 2 is 1.96 bits per heavy atom. The van der Waals surface area contributed by atoms with Gasteiger partial charge in [0.25, 0.3) is 0 Å². The van der Waals surface area contributed by atoms with Gasteiger partial charge in [-0.15, -0.1) is 0 Å². The van der Waals surface area contributed by atoms with E-state index in [1.165, 1.54) is 11.1 Å². The number of anilines is 1. The van der Waals surface area contributed by atoms with Gasteiger partial charge in [-0.25, -0.2) is 0 Å². The Hall–Kier alpha value is -2.86. The smallest absolute Gasteiger partial charge is 0.126 e. The van der Waals surface area contributed by atoms with E-state index < -0.39 is 6.10 Å². The monoisotopic (exact) mass is 365 g/mol. The van der Waals surface area contributed by atoms with Crippen LogP contribution in [0.3, 0.4) is 0 Å². The van der Waals surface area contributed by atoms with Crippen molar-refractivity contribution in [3.63, 3.8) is 0 Å². The molecule has 0 spiro atoms. The number of fused-ring (bicyclic) bond motifs is 2. The van der Waals surface area contributed by atoms with Crippen molar-refractivity contribution in [1.29, 1.82) is 0 Å². The molecule has 0 saturated carbocycles. The number of hydrogen-bond acceptors (Lipinski definition) is 6. The van der Waals surface area contributed by atoms with Gasteiger partial charge in [-0.3, -0.25) is 0 Å². The Morgan fingerprint density at radius 1 is 1.11 bits per heavy atom. The fraction of sp³-hybridized carbons (Fsp3) is 0.333. The van der Waals surface area contributed by atoms with Gasteiger partial charge < -0.3 is 19.5 Å². The van der Waals surface area contributed by atoms with E-state index in [0.717, 1.165) is 47.4 Å². The summed E-state index contributed by atoms with van der Waals surface area (Å²) in [5.41, 5.74) is 5.13. The molecule has 4 rings (SSSR count). The van der Waals surface area contributed by atoms with E-state index in [1.54, 1.807) is 27.3 Å². The predicted molar refractivity (Wildman–Crippen MR) is 104 cm³/mol. The Balaban J connectivity index is 1.78. The molecule has 1 aromatic heterocycles. The minimum atomic E-state index is -0.628. The molecule has 1 atom stereocenters. The molecule has 0 amide bonds. The Kier molecular flexibility index (Phi) is 4.58. The van der Waals surface area contributed by atoms with Crippen molar-refractivity contribution in [1.82, 2.24) is 10.2 Å². The molecule has 6 nitrogen and oxygen atoms in total. The van der Waals surface area contributed by atoms with Crippen LogP contribution in [0.2, 0.25) is 0 Å². The van der Waals surface area contributed by atoms with Crippen molar-refractivity contribution in [2.24, 2.45) is 0 Å². The fourth-order valence-electron chi connectivity index (χ4n) is 3.71. The summed E-state index contributed by atoms with van der Waals surface area (Å²) in [5, 5.41) is 19.6. The number of hydrogen-bond donors (Lipinski definition) is 1. The summed E-state index contributed by atoms with van der Waals surface area (Å²) in [7, 11) is 3.28. The van der Waals surface area contributed by atoms with Crippen LogP contribution in [0.5, 0.6) is 11.5 Å². The first-order valence-electron chi connectivity index (χ1n) is 9.03. The normalized spacial score (nSPS) is 14.7. The minimum absolute atomic E-state index is 0.623. The molecular weight excluding hydrogens is 342 g/mol. The zero-order valence-electron chi connectivity index (χ0n) is 15.8. The van der Waals surface area contributed by atoms with E-state index in [0.29, 0.717) is 5.75 Å². The molecule has 6 heteroatoms. The molecule has 27 heavy (non-hydrogen) atoms. The number of benzene rings is 2. The number of ether oxygens (including phenoxy) is 2. The second kappa shape index (κ2) is 7.04. The van der Waals surface area contributed by atoms with Crippen LogP contribution in [0.25, 0.3) is 10.9 Å². The third kappa shape index (κ3) is 3.17. The summed E-state index contributed by atoms with van der Waals surface area (Å²) < 4.78 is 10.8. The number of methoxy groups -OCH3 is 2. The van der Waals surface area contributed by atoms with Crippen LogP contribution in [0.4, 0.5) is 5.69 Å². The molecular formula is C21H23N3O3. The molecule has 1 aliphatic heterocycles. The molecule has 0 aliphatic carbocycles. The van der Waals surface area contributed by atoms with Gasteiger partial charge in [-0.1, -0.05) is 6.07 Å². The lowest BCUT2D eigenvalue weighted by atomic mass is 9.98. The first kappa shape index (κ1) is 17.5. The van der Waals surface area contributed by atoms with Gasteiger partial charge in [0, 0.05) is 30.1 Å². The highest BCUT2D eigenvalue weighted by Crippen LogP contribution is 2.35. The Morgan fingerprint density at radius 3 is 2.70 bits per heavy atom. The van der Waals surface area contributed by atoms with Crippen molar-refractivity contribution in [2.45, 2.75) is 26.0 Å². The fourth-order valence-corrected chi connectivity index (χ4v) is 3.71. The molecule has 0 radical (unpaired) electrons. The third-order valence-corrected chi connectivity index (χ3v) is 5.19. The van der Waals surface area contributed by atoms with Crippen molar-refractivity contribution in [3.05, 3.63) is 53.2 Å². The van der Waals surface area contributed by atoms with Gasteiger partial charge >= 0.3 is 0 Å². The molecule has 3 aromatic rings. The number of nitrogens with zero attached hydrogens (tertiary/aromatic N) is 3. The van der Waals surface area contributed by atoms with Gasteiger partial charge in [0.15, 0.2) is 0 Å². The molecule has 0 saturated heterocycles. The maximum atomic E-state index is 10.1. The zero-order valence-corrected chi connectivity index (χ0v) is 15.8. The molecule has 2 aromatic carbocycles. The lowest BCUT2D eigenvalue weighted by Gasteiger charge is -2.31. The quantitative estimate of drug-likeness (QED) is 0.765. The van der Waals surface area contributed by atoms with E-state index in [1.807, 2.05) is 18.2 Å². The van der Waals surface area contributed by atoms with E-state index in [2.05, 4.69) is 27.2 Å². The highest BCUT2D eigenvalue weighted by molar-refractivity contribution is 5.92. The first-order chi connectivity index (χ1) is 13.1. The topological polar surface area (TPSA) is 67.7 Å². The second-order valence-corrected chi connectivity index (χ2v) is 6.82. The molecule has 0 fully saturated rings. The van der Waals surface area contributed by atoms with Crippen LogP contribution in [-0.4, -0.2) is 36.1 Å². The SMILES string of the molecule is COc1ccc2c(c1)CN(c1cnnc3cc(OC)c(C(C)O)cc13)CC2. The van der Waals surface area contributed by atoms with Crippen LogP contribution >= 0.6 is 0 Å². The highest BCUT2D eigenvalue weighted by Gasteiger charge is 2.21. The molecule has 1 N–H and O–H groups in total. The number of aliphatic hydroxyl groups is 1. The van der Waals surface area contributed by atoms with Crippen LogP contribution in [0.15, 0.2) is 36.5 Å². The predicted octanol–water partition coefficient (Wildman–Crippen LogP) is 3.26. The van der Waals surface area contributed by atoms with Crippen LogP contribution in [-0.2, 0) is 13.0 Å². The molecule has 1 unspecified atom stereocenters. The average molecular weight is 365 g/mol. The zero-order chi connectivity index (χ0) is 19.0. The largest absolute Gasteiger partial charge is 0.497 e. The highest BCUT2D eigenvalue weighted by atomic mass is 16.5. The van der Waals surface area contributed by atoms with Gasteiger partial charge in [0.1, 0.15) is 11.5 Å². The summed E-state index contributed by atoms with van der Waals surface area (Å²) >= 11 is 0. The summed E-state index contributed by atoms with van der Waals surface area (Å²) in [5.74, 6) is 1.49. The number of aromatic nitrogens is 2. The Labute approximate surface area is 158 Å². The van der Waals surface area contributed by atoms with E-state index >= 15 is 0 Å². The van der Waals surface area contributed by atoms with Gasteiger partial charge in [0.05, 0.1) is 37.7 Å². The lowest BCUT2D eigenvalue weighted by molar-refractivity contribution is 0.194. The van der Waals surface area contributed by atoms with Gasteiger partial charge in [-0.05, 0) is 42.7 Å².